The van der Waals surface area contributed by atoms with Gasteiger partial charge in [-0.15, -0.1) is 0 Å². The zero-order chi connectivity index (χ0) is 20.7. The lowest BCUT2D eigenvalue weighted by Gasteiger charge is -2.35. The van der Waals surface area contributed by atoms with Gasteiger partial charge in [-0.2, -0.15) is 0 Å². The minimum atomic E-state index is -1.15. The van der Waals surface area contributed by atoms with Crippen molar-refractivity contribution in [3.05, 3.63) is 0 Å². The summed E-state index contributed by atoms with van der Waals surface area (Å²) in [5, 5.41) is 0. The van der Waals surface area contributed by atoms with Crippen molar-refractivity contribution in [3.8, 4) is 0 Å². The lowest BCUT2D eigenvalue weighted by molar-refractivity contribution is -0.161. The Kier molecular flexibility index (Phi) is 9.10. The van der Waals surface area contributed by atoms with Crippen LogP contribution in [0.1, 0.15) is 33.1 Å². The van der Waals surface area contributed by atoms with E-state index in [0.29, 0.717) is 19.6 Å². The van der Waals surface area contributed by atoms with Gasteiger partial charge in [-0.1, -0.05) is 33.5 Å². The standard InChI is InChI=1S/C19H35NO6Si/c1-19(2,13-26-14-25-11-12-27(4,5)6)16(21)17(22)20-10-8-7-9-15(20)18(23)24-3/h15H,7-14H2,1-6H3. The predicted molar refractivity (Wildman–Crippen MR) is 105 cm³/mol. The first kappa shape index (κ1) is 23.8. The van der Waals surface area contributed by atoms with Crippen LogP contribution in [0, 0.1) is 5.41 Å². The largest absolute Gasteiger partial charge is 0.467 e. The fraction of sp³-hybridized carbons (Fsp3) is 0.842. The van der Waals surface area contributed by atoms with Gasteiger partial charge in [0.2, 0.25) is 5.78 Å². The van der Waals surface area contributed by atoms with Crippen molar-refractivity contribution in [2.45, 2.75) is 64.8 Å². The molecule has 156 valence electrons. The summed E-state index contributed by atoms with van der Waals surface area (Å²) in [5.41, 5.74) is -0.989. The molecule has 0 N–H and O–H groups in total. The minimum Gasteiger partial charge on any atom is -0.467 e. The number of ketones is 1. The van der Waals surface area contributed by atoms with Crippen molar-refractivity contribution < 1.29 is 28.6 Å². The molecule has 0 aliphatic carbocycles. The van der Waals surface area contributed by atoms with Gasteiger partial charge in [0.05, 0.1) is 19.1 Å². The molecule has 8 heteroatoms. The summed E-state index contributed by atoms with van der Waals surface area (Å²) in [6, 6.07) is 0.364. The molecular weight excluding hydrogens is 366 g/mol. The second-order valence-corrected chi connectivity index (χ2v) is 14.6. The van der Waals surface area contributed by atoms with E-state index in [1.165, 1.54) is 12.0 Å². The first-order chi connectivity index (χ1) is 12.5. The van der Waals surface area contributed by atoms with Gasteiger partial charge in [0.25, 0.3) is 5.91 Å². The highest BCUT2D eigenvalue weighted by molar-refractivity contribution is 6.76. The lowest BCUT2D eigenvalue weighted by atomic mass is 9.87. The van der Waals surface area contributed by atoms with E-state index in [-0.39, 0.29) is 13.4 Å². The van der Waals surface area contributed by atoms with Crippen molar-refractivity contribution in [2.75, 3.05) is 33.7 Å². The molecule has 1 aliphatic heterocycles. The van der Waals surface area contributed by atoms with Crippen molar-refractivity contribution in [2.24, 2.45) is 5.41 Å². The van der Waals surface area contributed by atoms with E-state index in [1.54, 1.807) is 13.8 Å². The highest BCUT2D eigenvalue weighted by Gasteiger charge is 2.41. The van der Waals surface area contributed by atoms with Gasteiger partial charge in [-0.3, -0.25) is 9.59 Å². The van der Waals surface area contributed by atoms with Gasteiger partial charge in [0.1, 0.15) is 12.8 Å². The molecule has 0 radical (unpaired) electrons. The molecule has 1 atom stereocenters. The Bertz CT molecular complexity index is 529. The molecule has 1 unspecified atom stereocenters. The molecule has 1 aliphatic rings. The fourth-order valence-electron chi connectivity index (χ4n) is 2.83. The first-order valence-corrected chi connectivity index (χ1v) is 13.3. The quantitative estimate of drug-likeness (QED) is 0.184. The molecule has 1 saturated heterocycles. The summed E-state index contributed by atoms with van der Waals surface area (Å²) in [4.78, 5) is 38.7. The number of carbonyl (C=O) groups is 3. The van der Waals surface area contributed by atoms with E-state index < -0.39 is 37.2 Å². The molecule has 0 bridgehead atoms. The second kappa shape index (κ2) is 10.3. The van der Waals surface area contributed by atoms with Crippen molar-refractivity contribution in [3.63, 3.8) is 0 Å². The third kappa shape index (κ3) is 7.71. The maximum atomic E-state index is 12.7. The number of methoxy groups -OCH3 is 1. The topological polar surface area (TPSA) is 82.1 Å². The Labute approximate surface area is 163 Å². The van der Waals surface area contributed by atoms with Crippen LogP contribution in [0.25, 0.3) is 0 Å². The van der Waals surface area contributed by atoms with Crippen LogP contribution >= 0.6 is 0 Å². The van der Waals surface area contributed by atoms with E-state index in [1.807, 2.05) is 0 Å². The third-order valence-corrected chi connectivity index (χ3v) is 6.38. The summed E-state index contributed by atoms with van der Waals surface area (Å²) in [6.45, 7) is 11.4. The molecule has 1 amide bonds. The predicted octanol–water partition coefficient (Wildman–Crippen LogP) is 2.46. The van der Waals surface area contributed by atoms with Crippen molar-refractivity contribution in [1.82, 2.24) is 4.90 Å². The van der Waals surface area contributed by atoms with E-state index in [9.17, 15) is 14.4 Å². The zero-order valence-electron chi connectivity index (χ0n) is 17.6. The lowest BCUT2D eigenvalue weighted by Crippen LogP contribution is -2.53. The number of rotatable bonds is 10. The number of hydrogen-bond acceptors (Lipinski definition) is 6. The third-order valence-electron chi connectivity index (χ3n) is 4.67. The molecule has 0 spiro atoms. The molecule has 1 rings (SSSR count). The molecule has 0 aromatic heterocycles. The molecule has 1 heterocycles. The number of amides is 1. The summed E-state index contributed by atoms with van der Waals surface area (Å²) in [5.74, 6) is -1.67. The van der Waals surface area contributed by atoms with Crippen LogP contribution in [-0.2, 0) is 28.6 Å². The Morgan fingerprint density at radius 3 is 2.37 bits per heavy atom. The summed E-state index contributed by atoms with van der Waals surface area (Å²) >= 11 is 0. The van der Waals surface area contributed by atoms with Crippen molar-refractivity contribution in [1.29, 1.82) is 0 Å². The maximum absolute atomic E-state index is 12.7. The highest BCUT2D eigenvalue weighted by Crippen LogP contribution is 2.23. The van der Waals surface area contributed by atoms with E-state index in [4.69, 9.17) is 14.2 Å². The number of esters is 1. The van der Waals surface area contributed by atoms with Gasteiger partial charge in [-0.25, -0.2) is 4.79 Å². The summed E-state index contributed by atoms with van der Waals surface area (Å²) < 4.78 is 15.7. The van der Waals surface area contributed by atoms with E-state index >= 15 is 0 Å². The van der Waals surface area contributed by atoms with Crippen molar-refractivity contribution >= 4 is 25.7 Å². The molecule has 0 saturated carbocycles. The molecule has 0 aromatic carbocycles. The van der Waals surface area contributed by atoms with Gasteiger partial charge in [0.15, 0.2) is 0 Å². The van der Waals surface area contributed by atoms with Gasteiger partial charge in [0, 0.05) is 21.2 Å². The van der Waals surface area contributed by atoms with E-state index in [0.717, 1.165) is 18.9 Å². The van der Waals surface area contributed by atoms with Crippen LogP contribution in [0.4, 0.5) is 0 Å². The molecule has 1 fully saturated rings. The van der Waals surface area contributed by atoms with Crippen LogP contribution in [0.5, 0.6) is 0 Å². The second-order valence-electron chi connectivity index (χ2n) is 8.93. The Morgan fingerprint density at radius 1 is 1.11 bits per heavy atom. The SMILES string of the molecule is COC(=O)C1CCCCN1C(=O)C(=O)C(C)(C)COCOCC[Si](C)(C)C. The van der Waals surface area contributed by atoms with Crippen LogP contribution in [0.3, 0.4) is 0 Å². The maximum Gasteiger partial charge on any atom is 0.328 e. The molecule has 7 nitrogen and oxygen atoms in total. The van der Waals surface area contributed by atoms with Crippen LogP contribution in [-0.4, -0.2) is 70.3 Å². The first-order valence-electron chi connectivity index (χ1n) is 9.58. The Morgan fingerprint density at radius 2 is 1.78 bits per heavy atom. The minimum absolute atomic E-state index is 0.0846. The zero-order valence-corrected chi connectivity index (χ0v) is 18.6. The Balaban J connectivity index is 2.54. The number of carbonyl (C=O) groups excluding carboxylic acids is 3. The normalized spacial score (nSPS) is 18.3. The van der Waals surface area contributed by atoms with Crippen LogP contribution in [0.15, 0.2) is 0 Å². The number of hydrogen-bond donors (Lipinski definition) is 0. The monoisotopic (exact) mass is 401 g/mol. The average molecular weight is 402 g/mol. The smallest absolute Gasteiger partial charge is 0.328 e. The fourth-order valence-corrected chi connectivity index (χ4v) is 3.59. The average Bonchev–Trinajstić information content (AvgIpc) is 2.61. The number of Topliss-reactive ketones (excluding diaryl/α,β-unsaturated/α-hetero) is 1. The summed E-state index contributed by atoms with van der Waals surface area (Å²) in [7, 11) is 0.145. The van der Waals surface area contributed by atoms with Crippen LogP contribution in [0.2, 0.25) is 25.7 Å². The summed E-state index contributed by atoms with van der Waals surface area (Å²) in [6.07, 6.45) is 2.13. The van der Waals surface area contributed by atoms with Gasteiger partial charge in [-0.05, 0) is 25.3 Å². The van der Waals surface area contributed by atoms with Crippen LogP contribution < -0.4 is 0 Å². The highest BCUT2D eigenvalue weighted by atomic mass is 28.3. The number of piperidine rings is 1. The molecule has 27 heavy (non-hydrogen) atoms. The van der Waals surface area contributed by atoms with Gasteiger partial charge >= 0.3 is 5.97 Å². The van der Waals surface area contributed by atoms with E-state index in [2.05, 4.69) is 19.6 Å². The number of likely N-dealkylation sites (tertiary alicyclic amines) is 1. The molecular formula is C19H35NO6Si. The Hall–Kier alpha value is -1.25. The van der Waals surface area contributed by atoms with Gasteiger partial charge < -0.3 is 19.1 Å². The number of nitrogens with zero attached hydrogens (tertiary/aromatic N) is 1. The number of ether oxygens (including phenoxy) is 3. The molecule has 0 aromatic rings.